The molecule has 0 bridgehead atoms. The van der Waals surface area contributed by atoms with Gasteiger partial charge >= 0.3 is 0 Å². The van der Waals surface area contributed by atoms with E-state index in [1.54, 1.807) is 41.4 Å². The van der Waals surface area contributed by atoms with Crippen LogP contribution in [0, 0.1) is 17.7 Å². The molecule has 4 unspecified atom stereocenters. The molecule has 4 atom stereocenters. The number of halogens is 2. The number of rotatable bonds is 3. The van der Waals surface area contributed by atoms with Gasteiger partial charge in [-0.15, -0.1) is 0 Å². The monoisotopic (exact) mass is 487 g/mol. The van der Waals surface area contributed by atoms with Crippen LogP contribution in [0.25, 0.3) is 6.08 Å². The van der Waals surface area contributed by atoms with Crippen LogP contribution in [0.15, 0.2) is 79.0 Å². The Labute approximate surface area is 205 Å². The molecule has 2 fully saturated rings. The summed E-state index contributed by atoms with van der Waals surface area (Å²) in [4.78, 5) is 43.7. The van der Waals surface area contributed by atoms with Gasteiger partial charge in [-0.25, -0.2) is 9.29 Å². The number of hydrogen-bond acceptors (Lipinski definition) is 4. The van der Waals surface area contributed by atoms with Crippen molar-refractivity contribution < 1.29 is 18.8 Å². The quantitative estimate of drug-likeness (QED) is 0.547. The third kappa shape index (κ3) is 3.26. The van der Waals surface area contributed by atoms with Crippen molar-refractivity contribution in [3.8, 4) is 0 Å². The Morgan fingerprint density at radius 1 is 0.886 bits per heavy atom. The maximum Gasteiger partial charge on any atom is 0.247 e. The van der Waals surface area contributed by atoms with Gasteiger partial charge in [0.05, 0.1) is 23.6 Å². The van der Waals surface area contributed by atoms with Crippen molar-refractivity contribution in [1.82, 2.24) is 4.90 Å². The van der Waals surface area contributed by atoms with Crippen molar-refractivity contribution in [3.05, 3.63) is 101 Å². The van der Waals surface area contributed by atoms with Gasteiger partial charge in [-0.2, -0.15) is 0 Å². The standard InChI is InChI=1S/C27H19ClFN3O3/c28-16-9-11-17(12-10-16)30-25(33)24-22-21(23-18-6-2-1-5-15(18)13-14-31(23)24)26(34)32(27(22)35)20-8-4-3-7-19(20)29/h1-14,21-24H,(H,30,33). The molecule has 3 aliphatic rings. The average molecular weight is 488 g/mol. The number of fused-ring (bicyclic) bond motifs is 5. The number of para-hydroxylation sites is 1. The molecule has 2 saturated heterocycles. The maximum absolute atomic E-state index is 14.7. The molecule has 174 valence electrons. The van der Waals surface area contributed by atoms with Crippen LogP contribution in [0.1, 0.15) is 17.2 Å². The van der Waals surface area contributed by atoms with Gasteiger partial charge in [0.2, 0.25) is 17.7 Å². The van der Waals surface area contributed by atoms with E-state index in [-0.39, 0.29) is 5.69 Å². The number of carbonyl (C=O) groups is 3. The van der Waals surface area contributed by atoms with E-state index >= 15 is 0 Å². The second-order valence-electron chi connectivity index (χ2n) is 8.79. The largest absolute Gasteiger partial charge is 0.357 e. The molecule has 6 rings (SSSR count). The second kappa shape index (κ2) is 8.06. The first-order valence-electron chi connectivity index (χ1n) is 11.2. The summed E-state index contributed by atoms with van der Waals surface area (Å²) in [6.07, 6.45) is 3.64. The summed E-state index contributed by atoms with van der Waals surface area (Å²) in [5.41, 5.74) is 2.18. The number of nitrogens with one attached hydrogen (secondary N) is 1. The molecule has 0 aliphatic carbocycles. The molecule has 3 heterocycles. The smallest absolute Gasteiger partial charge is 0.247 e. The fourth-order valence-electron chi connectivity index (χ4n) is 5.48. The molecule has 35 heavy (non-hydrogen) atoms. The fraction of sp³-hybridized carbons (Fsp3) is 0.148. The van der Waals surface area contributed by atoms with Gasteiger partial charge < -0.3 is 10.2 Å². The molecule has 3 aliphatic heterocycles. The summed E-state index contributed by atoms with van der Waals surface area (Å²) in [6, 6.07) is 18.4. The van der Waals surface area contributed by atoms with E-state index in [2.05, 4.69) is 5.32 Å². The number of hydrogen-bond donors (Lipinski definition) is 1. The Morgan fingerprint density at radius 2 is 1.57 bits per heavy atom. The molecule has 0 spiro atoms. The lowest BCUT2D eigenvalue weighted by molar-refractivity contribution is -0.128. The normalized spacial score (nSPS) is 24.3. The predicted molar refractivity (Wildman–Crippen MR) is 130 cm³/mol. The van der Waals surface area contributed by atoms with Crippen LogP contribution in [-0.2, 0) is 14.4 Å². The number of carbonyl (C=O) groups excluding carboxylic acids is 3. The van der Waals surface area contributed by atoms with Gasteiger partial charge in [0.15, 0.2) is 0 Å². The predicted octanol–water partition coefficient (Wildman–Crippen LogP) is 4.63. The van der Waals surface area contributed by atoms with E-state index in [1.165, 1.54) is 18.2 Å². The molecule has 1 N–H and O–H groups in total. The van der Waals surface area contributed by atoms with Crippen LogP contribution < -0.4 is 10.2 Å². The van der Waals surface area contributed by atoms with Gasteiger partial charge in [0.25, 0.3) is 0 Å². The van der Waals surface area contributed by atoms with Crippen LogP contribution in [-0.4, -0.2) is 28.7 Å². The molecular weight excluding hydrogens is 469 g/mol. The van der Waals surface area contributed by atoms with Gasteiger partial charge in [0.1, 0.15) is 11.9 Å². The number of amides is 3. The van der Waals surface area contributed by atoms with Crippen LogP contribution in [0.2, 0.25) is 5.02 Å². The van der Waals surface area contributed by atoms with Gasteiger partial charge in [-0.05, 0) is 53.6 Å². The van der Waals surface area contributed by atoms with Crippen molar-refractivity contribution in [3.63, 3.8) is 0 Å². The van der Waals surface area contributed by atoms with E-state index < -0.39 is 47.5 Å². The minimum Gasteiger partial charge on any atom is -0.357 e. The molecule has 8 heteroatoms. The Kier molecular flexibility index (Phi) is 4.96. The molecule has 0 saturated carbocycles. The number of anilines is 2. The average Bonchev–Trinajstić information content (AvgIpc) is 3.34. The van der Waals surface area contributed by atoms with Crippen LogP contribution in [0.3, 0.4) is 0 Å². The summed E-state index contributed by atoms with van der Waals surface area (Å²) >= 11 is 5.96. The molecule has 3 aromatic carbocycles. The molecule has 0 aromatic heterocycles. The topological polar surface area (TPSA) is 69.7 Å². The third-order valence-electron chi connectivity index (χ3n) is 6.94. The zero-order valence-electron chi connectivity index (χ0n) is 18.3. The number of nitrogens with zero attached hydrogens (tertiary/aromatic N) is 2. The van der Waals surface area contributed by atoms with Crippen LogP contribution in [0.5, 0.6) is 0 Å². The molecular formula is C27H19ClFN3O3. The van der Waals surface area contributed by atoms with Crippen LogP contribution >= 0.6 is 11.6 Å². The molecule has 3 aromatic rings. The number of benzene rings is 3. The summed E-state index contributed by atoms with van der Waals surface area (Å²) in [7, 11) is 0. The third-order valence-corrected chi connectivity index (χ3v) is 7.19. The van der Waals surface area contributed by atoms with E-state index in [4.69, 9.17) is 11.6 Å². The van der Waals surface area contributed by atoms with Crippen molar-refractivity contribution in [2.45, 2.75) is 12.1 Å². The van der Waals surface area contributed by atoms with Gasteiger partial charge in [-0.3, -0.25) is 14.4 Å². The number of imide groups is 1. The summed E-state index contributed by atoms with van der Waals surface area (Å²) in [5.74, 6) is -4.00. The lowest BCUT2D eigenvalue weighted by Gasteiger charge is -2.35. The zero-order valence-corrected chi connectivity index (χ0v) is 19.0. The first-order chi connectivity index (χ1) is 17.0. The van der Waals surface area contributed by atoms with Crippen molar-refractivity contribution >= 4 is 46.8 Å². The SMILES string of the molecule is O=C(Nc1ccc(Cl)cc1)C1C2C(=O)N(c3ccccc3F)C(=O)C2C2c3ccccc3C=CN12. The van der Waals surface area contributed by atoms with Crippen molar-refractivity contribution in [2.24, 2.45) is 11.8 Å². The summed E-state index contributed by atoms with van der Waals surface area (Å²) < 4.78 is 14.7. The van der Waals surface area contributed by atoms with Crippen molar-refractivity contribution in [2.75, 3.05) is 10.2 Å². The molecule has 0 radical (unpaired) electrons. The second-order valence-corrected chi connectivity index (χ2v) is 9.23. The fourth-order valence-corrected chi connectivity index (χ4v) is 5.60. The van der Waals surface area contributed by atoms with Gasteiger partial charge in [0, 0.05) is 16.9 Å². The van der Waals surface area contributed by atoms with Crippen molar-refractivity contribution in [1.29, 1.82) is 0 Å². The lowest BCUT2D eigenvalue weighted by atomic mass is 9.84. The highest BCUT2D eigenvalue weighted by molar-refractivity contribution is 6.30. The maximum atomic E-state index is 14.7. The first kappa shape index (κ1) is 21.6. The molecule has 3 amide bonds. The van der Waals surface area contributed by atoms with E-state index in [9.17, 15) is 18.8 Å². The Hall–Kier alpha value is -3.97. The Balaban J connectivity index is 1.45. The highest BCUT2D eigenvalue weighted by atomic mass is 35.5. The molecule has 6 nitrogen and oxygen atoms in total. The lowest BCUT2D eigenvalue weighted by Crippen LogP contribution is -2.46. The Bertz CT molecular complexity index is 1410. The summed E-state index contributed by atoms with van der Waals surface area (Å²) in [6.45, 7) is 0. The van der Waals surface area contributed by atoms with E-state index in [0.29, 0.717) is 10.7 Å². The highest BCUT2D eigenvalue weighted by Crippen LogP contribution is 2.53. The van der Waals surface area contributed by atoms with Crippen LogP contribution in [0.4, 0.5) is 15.8 Å². The zero-order chi connectivity index (χ0) is 24.3. The highest BCUT2D eigenvalue weighted by Gasteiger charge is 2.64. The van der Waals surface area contributed by atoms with Gasteiger partial charge in [-0.1, -0.05) is 48.0 Å². The Morgan fingerprint density at radius 3 is 2.34 bits per heavy atom. The minimum absolute atomic E-state index is 0.0973. The summed E-state index contributed by atoms with van der Waals surface area (Å²) in [5, 5.41) is 3.38. The van der Waals surface area contributed by atoms with E-state index in [0.717, 1.165) is 16.0 Å². The minimum atomic E-state index is -0.977. The van der Waals surface area contributed by atoms with E-state index in [1.807, 2.05) is 30.3 Å². The first-order valence-corrected chi connectivity index (χ1v) is 11.6.